The summed E-state index contributed by atoms with van der Waals surface area (Å²) in [5.41, 5.74) is 2.77. The van der Waals surface area contributed by atoms with Crippen LogP contribution in [0.25, 0.3) is 0 Å². The molecule has 0 spiro atoms. The monoisotopic (exact) mass is 422 g/mol. The molecule has 0 aliphatic carbocycles. The van der Waals surface area contributed by atoms with E-state index in [-0.39, 0.29) is 17.6 Å². The Morgan fingerprint density at radius 1 is 1.10 bits per heavy atom. The molecule has 4 rings (SSSR count). The van der Waals surface area contributed by atoms with Gasteiger partial charge in [-0.1, -0.05) is 17.7 Å². The third-order valence-corrected chi connectivity index (χ3v) is 4.93. The number of fused-ring (bicyclic) bond motifs is 1. The molecule has 0 atom stereocenters. The second-order valence-electron chi connectivity index (χ2n) is 6.69. The molecule has 2 heterocycles. The van der Waals surface area contributed by atoms with Crippen LogP contribution in [0.3, 0.4) is 0 Å². The first-order chi connectivity index (χ1) is 14.5. The SMILES string of the molecule is CNC(=O)c1cc(Oc2ccc3c(c2)CCN3C(=O)Nc2cccc(Cl)c2)ccn1. The smallest absolute Gasteiger partial charge is 0.326 e. The average molecular weight is 423 g/mol. The number of urea groups is 1. The van der Waals surface area contributed by atoms with Gasteiger partial charge < -0.3 is 15.4 Å². The van der Waals surface area contributed by atoms with Crippen molar-refractivity contribution in [2.75, 3.05) is 23.8 Å². The Morgan fingerprint density at radius 2 is 1.93 bits per heavy atom. The van der Waals surface area contributed by atoms with Gasteiger partial charge in [0.05, 0.1) is 0 Å². The first-order valence-electron chi connectivity index (χ1n) is 9.36. The number of nitrogens with one attached hydrogen (secondary N) is 2. The standard InChI is InChI=1S/C22H19ClN4O3/c1-24-21(28)19-13-18(7-9-25-19)30-17-5-6-20-14(11-17)8-10-27(20)22(29)26-16-4-2-3-15(23)12-16/h2-7,9,11-13H,8,10H2,1H3,(H,24,28)(H,26,29). The number of benzene rings is 2. The van der Waals surface area contributed by atoms with Crippen LogP contribution in [-0.2, 0) is 6.42 Å². The quantitative estimate of drug-likeness (QED) is 0.649. The zero-order chi connectivity index (χ0) is 21.1. The predicted octanol–water partition coefficient (Wildman–Crippen LogP) is 4.48. The Bertz CT molecular complexity index is 1120. The number of amides is 3. The van der Waals surface area contributed by atoms with E-state index in [9.17, 15) is 9.59 Å². The lowest BCUT2D eigenvalue weighted by atomic mass is 10.1. The number of carbonyl (C=O) groups excluding carboxylic acids is 2. The maximum absolute atomic E-state index is 12.7. The highest BCUT2D eigenvalue weighted by Gasteiger charge is 2.25. The molecule has 7 nitrogen and oxygen atoms in total. The van der Waals surface area contributed by atoms with E-state index in [1.54, 1.807) is 54.4 Å². The average Bonchev–Trinajstić information content (AvgIpc) is 3.17. The van der Waals surface area contributed by atoms with Gasteiger partial charge >= 0.3 is 6.03 Å². The molecule has 3 amide bonds. The van der Waals surface area contributed by atoms with E-state index in [1.165, 1.54) is 6.20 Å². The molecule has 0 unspecified atom stereocenters. The normalized spacial score (nSPS) is 12.3. The van der Waals surface area contributed by atoms with Gasteiger partial charge in [-0.05, 0) is 54.4 Å². The Morgan fingerprint density at radius 3 is 2.73 bits per heavy atom. The van der Waals surface area contributed by atoms with Crippen LogP contribution in [0.1, 0.15) is 16.1 Å². The minimum absolute atomic E-state index is 0.214. The van der Waals surface area contributed by atoms with Crippen molar-refractivity contribution >= 4 is 34.9 Å². The van der Waals surface area contributed by atoms with Crippen LogP contribution < -0.4 is 20.3 Å². The van der Waals surface area contributed by atoms with Crippen LogP contribution in [0.5, 0.6) is 11.5 Å². The van der Waals surface area contributed by atoms with Gasteiger partial charge in [0.15, 0.2) is 0 Å². The second-order valence-corrected chi connectivity index (χ2v) is 7.13. The molecule has 1 aliphatic heterocycles. The molecule has 0 radical (unpaired) electrons. The fourth-order valence-corrected chi connectivity index (χ4v) is 3.46. The molecule has 3 aromatic rings. The summed E-state index contributed by atoms with van der Waals surface area (Å²) in [5, 5.41) is 5.97. The van der Waals surface area contributed by atoms with Crippen molar-refractivity contribution in [2.45, 2.75) is 6.42 Å². The predicted molar refractivity (Wildman–Crippen MR) is 116 cm³/mol. The molecule has 0 fully saturated rings. The molecule has 8 heteroatoms. The van der Waals surface area contributed by atoms with Crippen LogP contribution in [0, 0.1) is 0 Å². The van der Waals surface area contributed by atoms with Crippen molar-refractivity contribution in [1.29, 1.82) is 0 Å². The van der Waals surface area contributed by atoms with Gasteiger partial charge in [-0.2, -0.15) is 0 Å². The van der Waals surface area contributed by atoms with Gasteiger partial charge in [-0.25, -0.2) is 4.79 Å². The maximum atomic E-state index is 12.7. The number of anilines is 2. The number of carbonyl (C=O) groups is 2. The Kier molecular flexibility index (Phi) is 5.54. The molecular weight excluding hydrogens is 404 g/mol. The topological polar surface area (TPSA) is 83.6 Å². The molecule has 1 aliphatic rings. The zero-order valence-electron chi connectivity index (χ0n) is 16.2. The number of hydrogen-bond acceptors (Lipinski definition) is 4. The summed E-state index contributed by atoms with van der Waals surface area (Å²) < 4.78 is 5.89. The van der Waals surface area contributed by atoms with Crippen LogP contribution in [0.2, 0.25) is 5.02 Å². The van der Waals surface area contributed by atoms with Gasteiger partial charge in [-0.3, -0.25) is 14.7 Å². The lowest BCUT2D eigenvalue weighted by Gasteiger charge is -2.18. The molecule has 1 aromatic heterocycles. The van der Waals surface area contributed by atoms with E-state index in [2.05, 4.69) is 15.6 Å². The highest BCUT2D eigenvalue weighted by Crippen LogP contribution is 2.33. The van der Waals surface area contributed by atoms with Crippen LogP contribution in [-0.4, -0.2) is 30.5 Å². The molecule has 30 heavy (non-hydrogen) atoms. The Hall–Kier alpha value is -3.58. The molecular formula is C22H19ClN4O3. The minimum atomic E-state index is -0.282. The van der Waals surface area contributed by atoms with E-state index < -0.39 is 0 Å². The van der Waals surface area contributed by atoms with Gasteiger partial charge in [-0.15, -0.1) is 0 Å². The highest BCUT2D eigenvalue weighted by atomic mass is 35.5. The van der Waals surface area contributed by atoms with E-state index >= 15 is 0 Å². The largest absolute Gasteiger partial charge is 0.457 e. The Labute approximate surface area is 178 Å². The molecule has 0 saturated carbocycles. The van der Waals surface area contributed by atoms with Gasteiger partial charge in [0.25, 0.3) is 5.91 Å². The third-order valence-electron chi connectivity index (χ3n) is 4.69. The summed E-state index contributed by atoms with van der Waals surface area (Å²) in [6.45, 7) is 0.571. The van der Waals surface area contributed by atoms with E-state index in [0.717, 1.165) is 17.7 Å². The van der Waals surface area contributed by atoms with Crippen molar-refractivity contribution in [3.8, 4) is 11.5 Å². The van der Waals surface area contributed by atoms with E-state index in [0.29, 0.717) is 28.8 Å². The number of pyridine rings is 1. The first kappa shape index (κ1) is 19.7. The summed E-state index contributed by atoms with van der Waals surface area (Å²) in [5.74, 6) is 0.854. The summed E-state index contributed by atoms with van der Waals surface area (Å²) in [4.78, 5) is 30.1. The summed E-state index contributed by atoms with van der Waals surface area (Å²) in [6, 6.07) is 15.6. The number of halogens is 1. The fourth-order valence-electron chi connectivity index (χ4n) is 3.27. The van der Waals surface area contributed by atoms with Crippen molar-refractivity contribution in [3.63, 3.8) is 0 Å². The van der Waals surface area contributed by atoms with Crippen molar-refractivity contribution in [3.05, 3.63) is 77.1 Å². The fraction of sp³-hybridized carbons (Fsp3) is 0.136. The number of rotatable bonds is 4. The number of nitrogens with zero attached hydrogens (tertiary/aromatic N) is 2. The van der Waals surface area contributed by atoms with Crippen LogP contribution >= 0.6 is 11.6 Å². The molecule has 2 N–H and O–H groups in total. The second kappa shape index (κ2) is 8.42. The van der Waals surface area contributed by atoms with E-state index in [4.69, 9.17) is 16.3 Å². The van der Waals surface area contributed by atoms with Crippen LogP contribution in [0.4, 0.5) is 16.2 Å². The maximum Gasteiger partial charge on any atom is 0.326 e. The molecule has 152 valence electrons. The number of ether oxygens (including phenoxy) is 1. The Balaban J connectivity index is 1.48. The van der Waals surface area contributed by atoms with Crippen LogP contribution in [0.15, 0.2) is 60.8 Å². The number of hydrogen-bond donors (Lipinski definition) is 2. The van der Waals surface area contributed by atoms with Crippen molar-refractivity contribution < 1.29 is 14.3 Å². The van der Waals surface area contributed by atoms with Gasteiger partial charge in [0.2, 0.25) is 0 Å². The summed E-state index contributed by atoms with van der Waals surface area (Å²) >= 11 is 5.98. The lowest BCUT2D eigenvalue weighted by Crippen LogP contribution is -2.33. The zero-order valence-corrected chi connectivity index (χ0v) is 16.9. The first-order valence-corrected chi connectivity index (χ1v) is 9.74. The van der Waals surface area contributed by atoms with E-state index in [1.807, 2.05) is 12.1 Å². The van der Waals surface area contributed by atoms with Gasteiger partial charge in [0.1, 0.15) is 17.2 Å². The summed E-state index contributed by atoms with van der Waals surface area (Å²) in [7, 11) is 1.55. The number of aromatic nitrogens is 1. The van der Waals surface area contributed by atoms with Crippen molar-refractivity contribution in [1.82, 2.24) is 10.3 Å². The highest BCUT2D eigenvalue weighted by molar-refractivity contribution is 6.30. The van der Waals surface area contributed by atoms with Crippen molar-refractivity contribution in [2.24, 2.45) is 0 Å². The molecule has 0 saturated heterocycles. The van der Waals surface area contributed by atoms with Gasteiger partial charge in [0, 0.05) is 42.3 Å². The third kappa shape index (κ3) is 4.21. The lowest BCUT2D eigenvalue weighted by molar-refractivity contribution is 0.0958. The molecule has 0 bridgehead atoms. The minimum Gasteiger partial charge on any atom is -0.457 e. The molecule has 2 aromatic carbocycles. The summed E-state index contributed by atoms with van der Waals surface area (Å²) in [6.07, 6.45) is 2.24.